The quantitative estimate of drug-likeness (QED) is 0.929. The molecule has 20 heavy (non-hydrogen) atoms. The summed E-state index contributed by atoms with van der Waals surface area (Å²) in [7, 11) is 0. The lowest BCUT2D eigenvalue weighted by molar-refractivity contribution is 0.238. The van der Waals surface area contributed by atoms with Crippen molar-refractivity contribution >= 4 is 0 Å². The number of aryl methyl sites for hydroxylation is 2. The summed E-state index contributed by atoms with van der Waals surface area (Å²) in [5.74, 6) is 0.935. The summed E-state index contributed by atoms with van der Waals surface area (Å²) in [4.78, 5) is 9.50. The van der Waals surface area contributed by atoms with Gasteiger partial charge in [0.15, 0.2) is 0 Å². The number of rotatable bonds is 3. The second-order valence-corrected chi connectivity index (χ2v) is 5.87. The van der Waals surface area contributed by atoms with Crippen LogP contribution in [0.1, 0.15) is 36.3 Å². The molecule has 3 nitrogen and oxygen atoms in total. The van der Waals surface area contributed by atoms with E-state index >= 15 is 0 Å². The molecule has 0 radical (unpaired) electrons. The third kappa shape index (κ3) is 2.12. The van der Waals surface area contributed by atoms with Gasteiger partial charge in [0, 0.05) is 23.2 Å². The lowest BCUT2D eigenvalue weighted by Gasteiger charge is -2.39. The van der Waals surface area contributed by atoms with Crippen molar-refractivity contribution < 1.29 is 0 Å². The van der Waals surface area contributed by atoms with Crippen molar-refractivity contribution in [3.05, 3.63) is 47.4 Å². The predicted octanol–water partition coefficient (Wildman–Crippen LogP) is 3.14. The highest BCUT2D eigenvalue weighted by atomic mass is 14.9. The van der Waals surface area contributed by atoms with Crippen LogP contribution in [0, 0.1) is 13.8 Å². The Morgan fingerprint density at radius 3 is 2.50 bits per heavy atom. The van der Waals surface area contributed by atoms with Crippen LogP contribution in [0.5, 0.6) is 0 Å². The van der Waals surface area contributed by atoms with E-state index in [0.29, 0.717) is 6.54 Å². The normalized spacial score (nSPS) is 16.8. The Bertz CT molecular complexity index is 624. The first-order valence-electron chi connectivity index (χ1n) is 7.27. The zero-order valence-corrected chi connectivity index (χ0v) is 12.2. The van der Waals surface area contributed by atoms with Gasteiger partial charge >= 0.3 is 0 Å². The zero-order chi connectivity index (χ0) is 14.2. The fourth-order valence-corrected chi connectivity index (χ4v) is 2.93. The highest BCUT2D eigenvalue weighted by molar-refractivity contribution is 5.63. The number of nitrogens with two attached hydrogens (primary N) is 1. The SMILES string of the molecule is Cc1cc(-c2ccccc2C)nc(C2(CN)CCC2)n1. The number of hydrogen-bond donors (Lipinski definition) is 1. The highest BCUT2D eigenvalue weighted by Crippen LogP contribution is 2.41. The topological polar surface area (TPSA) is 51.8 Å². The van der Waals surface area contributed by atoms with Gasteiger partial charge in [-0.05, 0) is 38.3 Å². The molecule has 0 amide bonds. The van der Waals surface area contributed by atoms with Crippen molar-refractivity contribution in [2.75, 3.05) is 6.54 Å². The molecule has 1 aromatic heterocycles. The van der Waals surface area contributed by atoms with Gasteiger partial charge in [-0.2, -0.15) is 0 Å². The molecule has 1 aliphatic rings. The van der Waals surface area contributed by atoms with Crippen molar-refractivity contribution in [3.8, 4) is 11.3 Å². The van der Waals surface area contributed by atoms with Crippen LogP contribution in [0.4, 0.5) is 0 Å². The molecule has 1 saturated carbocycles. The summed E-state index contributed by atoms with van der Waals surface area (Å²) in [6.07, 6.45) is 3.45. The molecule has 0 atom stereocenters. The van der Waals surface area contributed by atoms with Gasteiger partial charge in [0.05, 0.1) is 5.69 Å². The molecule has 1 fully saturated rings. The first-order chi connectivity index (χ1) is 9.64. The molecule has 1 aromatic carbocycles. The van der Waals surface area contributed by atoms with E-state index in [0.717, 1.165) is 30.1 Å². The van der Waals surface area contributed by atoms with E-state index in [4.69, 9.17) is 10.7 Å². The number of benzene rings is 1. The van der Waals surface area contributed by atoms with Crippen LogP contribution < -0.4 is 5.73 Å². The van der Waals surface area contributed by atoms with E-state index in [1.54, 1.807) is 0 Å². The van der Waals surface area contributed by atoms with Gasteiger partial charge in [-0.1, -0.05) is 30.7 Å². The van der Waals surface area contributed by atoms with Crippen LogP contribution >= 0.6 is 0 Å². The minimum absolute atomic E-state index is 0.0173. The van der Waals surface area contributed by atoms with Crippen molar-refractivity contribution in [3.63, 3.8) is 0 Å². The second-order valence-electron chi connectivity index (χ2n) is 5.87. The molecule has 1 aliphatic carbocycles. The van der Waals surface area contributed by atoms with E-state index in [1.807, 2.05) is 6.92 Å². The fraction of sp³-hybridized carbons (Fsp3) is 0.412. The molecule has 0 bridgehead atoms. The van der Waals surface area contributed by atoms with Gasteiger partial charge in [0.1, 0.15) is 5.82 Å². The molecule has 3 rings (SSSR count). The number of aromatic nitrogens is 2. The maximum atomic E-state index is 5.99. The zero-order valence-electron chi connectivity index (χ0n) is 12.2. The van der Waals surface area contributed by atoms with E-state index in [2.05, 4.69) is 42.2 Å². The van der Waals surface area contributed by atoms with Crippen LogP contribution in [0.2, 0.25) is 0 Å². The summed E-state index contributed by atoms with van der Waals surface area (Å²) in [6.45, 7) is 4.80. The van der Waals surface area contributed by atoms with Gasteiger partial charge in [-0.25, -0.2) is 9.97 Å². The number of hydrogen-bond acceptors (Lipinski definition) is 3. The third-order valence-corrected chi connectivity index (χ3v) is 4.45. The molecule has 0 aliphatic heterocycles. The Morgan fingerprint density at radius 1 is 1.15 bits per heavy atom. The summed E-state index contributed by atoms with van der Waals surface area (Å²) >= 11 is 0. The molecule has 2 aromatic rings. The smallest absolute Gasteiger partial charge is 0.136 e. The summed E-state index contributed by atoms with van der Waals surface area (Å²) in [5, 5.41) is 0. The third-order valence-electron chi connectivity index (χ3n) is 4.45. The molecular weight excluding hydrogens is 246 g/mol. The van der Waals surface area contributed by atoms with Gasteiger partial charge < -0.3 is 5.73 Å². The van der Waals surface area contributed by atoms with Crippen LogP contribution in [-0.2, 0) is 5.41 Å². The predicted molar refractivity (Wildman–Crippen MR) is 81.5 cm³/mol. The second kappa shape index (κ2) is 4.98. The minimum Gasteiger partial charge on any atom is -0.329 e. The Morgan fingerprint density at radius 2 is 1.90 bits per heavy atom. The van der Waals surface area contributed by atoms with Crippen LogP contribution in [0.15, 0.2) is 30.3 Å². The van der Waals surface area contributed by atoms with Crippen LogP contribution in [-0.4, -0.2) is 16.5 Å². The molecule has 3 heteroatoms. The highest BCUT2D eigenvalue weighted by Gasteiger charge is 2.40. The number of nitrogens with zero attached hydrogens (tertiary/aromatic N) is 2. The summed E-state index contributed by atoms with van der Waals surface area (Å²) in [6, 6.07) is 10.4. The molecule has 2 N–H and O–H groups in total. The van der Waals surface area contributed by atoms with Gasteiger partial charge in [-0.3, -0.25) is 0 Å². The average Bonchev–Trinajstić information content (AvgIpc) is 2.38. The Kier molecular flexibility index (Phi) is 3.30. The molecular formula is C17H21N3. The fourth-order valence-electron chi connectivity index (χ4n) is 2.93. The maximum absolute atomic E-state index is 5.99. The van der Waals surface area contributed by atoms with E-state index in [1.165, 1.54) is 17.5 Å². The maximum Gasteiger partial charge on any atom is 0.136 e. The summed E-state index contributed by atoms with van der Waals surface area (Å²) in [5.41, 5.74) is 10.5. The largest absolute Gasteiger partial charge is 0.329 e. The van der Waals surface area contributed by atoms with Crippen molar-refractivity contribution in [2.45, 2.75) is 38.5 Å². The lowest BCUT2D eigenvalue weighted by atomic mass is 9.68. The van der Waals surface area contributed by atoms with Gasteiger partial charge in [-0.15, -0.1) is 0 Å². The Balaban J connectivity index is 2.10. The molecule has 104 valence electrons. The van der Waals surface area contributed by atoms with Crippen molar-refractivity contribution in [1.82, 2.24) is 9.97 Å². The van der Waals surface area contributed by atoms with Crippen LogP contribution in [0.25, 0.3) is 11.3 Å². The van der Waals surface area contributed by atoms with Gasteiger partial charge in [0.25, 0.3) is 0 Å². The van der Waals surface area contributed by atoms with E-state index < -0.39 is 0 Å². The Labute approximate surface area is 120 Å². The summed E-state index contributed by atoms with van der Waals surface area (Å²) < 4.78 is 0. The standard InChI is InChI=1S/C17H21N3/c1-12-6-3-4-7-14(12)15-10-13(2)19-16(20-15)17(11-18)8-5-9-17/h3-4,6-7,10H,5,8-9,11,18H2,1-2H3. The molecule has 0 saturated heterocycles. The first kappa shape index (κ1) is 13.3. The van der Waals surface area contributed by atoms with Crippen LogP contribution in [0.3, 0.4) is 0 Å². The van der Waals surface area contributed by atoms with Crippen molar-refractivity contribution in [1.29, 1.82) is 0 Å². The lowest BCUT2D eigenvalue weighted by Crippen LogP contribution is -2.43. The van der Waals surface area contributed by atoms with E-state index in [-0.39, 0.29) is 5.41 Å². The molecule has 1 heterocycles. The van der Waals surface area contributed by atoms with Gasteiger partial charge in [0.2, 0.25) is 0 Å². The minimum atomic E-state index is 0.0173. The molecule has 0 spiro atoms. The van der Waals surface area contributed by atoms with E-state index in [9.17, 15) is 0 Å². The molecule has 0 unspecified atom stereocenters. The monoisotopic (exact) mass is 267 g/mol. The first-order valence-corrected chi connectivity index (χ1v) is 7.27. The van der Waals surface area contributed by atoms with Crippen molar-refractivity contribution in [2.24, 2.45) is 5.73 Å². The Hall–Kier alpha value is -1.74. The average molecular weight is 267 g/mol.